The van der Waals surface area contributed by atoms with Crippen molar-refractivity contribution in [2.75, 3.05) is 54.2 Å². The lowest BCUT2D eigenvalue weighted by atomic mass is 10.0. The Morgan fingerprint density at radius 1 is 1.25 bits per heavy atom. The van der Waals surface area contributed by atoms with E-state index in [1.54, 1.807) is 14.2 Å². The predicted octanol–water partition coefficient (Wildman–Crippen LogP) is 3.38. The molecule has 160 valence electrons. The van der Waals surface area contributed by atoms with Gasteiger partial charge >= 0.3 is 0 Å². The van der Waals surface area contributed by atoms with E-state index in [0.717, 1.165) is 30.5 Å². The molecular weight excluding hydrogens is 487 g/mol. The van der Waals surface area contributed by atoms with Gasteiger partial charge in [-0.05, 0) is 57.3 Å². The maximum Gasteiger partial charge on any atom is 0.191 e. The van der Waals surface area contributed by atoms with Gasteiger partial charge in [-0.1, -0.05) is 6.07 Å². The van der Waals surface area contributed by atoms with Crippen molar-refractivity contribution in [1.29, 1.82) is 0 Å². The second kappa shape index (κ2) is 12.0. The average molecular weight is 522 g/mol. The summed E-state index contributed by atoms with van der Waals surface area (Å²) in [7, 11) is 9.30. The number of benzene rings is 1. The Hall–Kier alpha value is -0.870. The highest BCUT2D eigenvalue weighted by molar-refractivity contribution is 14.0. The van der Waals surface area contributed by atoms with E-state index >= 15 is 0 Å². The summed E-state index contributed by atoms with van der Waals surface area (Å²) in [5.41, 5.74) is 1.17. The fourth-order valence-electron chi connectivity index (χ4n) is 3.32. The molecule has 0 radical (unpaired) electrons. The lowest BCUT2D eigenvalue weighted by Gasteiger charge is -2.28. The van der Waals surface area contributed by atoms with Gasteiger partial charge in [0.15, 0.2) is 17.5 Å². The summed E-state index contributed by atoms with van der Waals surface area (Å²) in [6.07, 6.45) is 2.56. The number of thioether (sulfide) groups is 1. The number of nitrogens with zero attached hydrogens (tertiary/aromatic N) is 2. The SMILES string of the molecule is CN=C(NCC(c1ccc(OC)c(OC)c1)N(C)C)NCC1(C)CCCS1.I. The lowest BCUT2D eigenvalue weighted by Crippen LogP contribution is -2.45. The van der Waals surface area contributed by atoms with Gasteiger partial charge in [0.2, 0.25) is 0 Å². The maximum atomic E-state index is 5.46. The minimum Gasteiger partial charge on any atom is -0.493 e. The number of rotatable bonds is 8. The fourth-order valence-corrected chi connectivity index (χ4v) is 4.56. The van der Waals surface area contributed by atoms with Crippen LogP contribution in [0.4, 0.5) is 0 Å². The summed E-state index contributed by atoms with van der Waals surface area (Å²) < 4.78 is 11.1. The smallest absolute Gasteiger partial charge is 0.191 e. The Bertz CT molecular complexity index is 637. The average Bonchev–Trinajstić information content (AvgIpc) is 3.10. The van der Waals surface area contributed by atoms with Crippen molar-refractivity contribution in [3.63, 3.8) is 0 Å². The van der Waals surface area contributed by atoms with Crippen molar-refractivity contribution in [3.05, 3.63) is 23.8 Å². The maximum absolute atomic E-state index is 5.46. The summed E-state index contributed by atoms with van der Waals surface area (Å²) in [6, 6.07) is 6.26. The molecule has 1 fully saturated rings. The first kappa shape index (κ1) is 25.2. The van der Waals surface area contributed by atoms with Gasteiger partial charge < -0.3 is 25.0 Å². The van der Waals surface area contributed by atoms with Crippen LogP contribution < -0.4 is 20.1 Å². The summed E-state index contributed by atoms with van der Waals surface area (Å²) in [6.45, 7) is 4.00. The van der Waals surface area contributed by atoms with Crippen molar-refractivity contribution >= 4 is 41.7 Å². The highest BCUT2D eigenvalue weighted by Gasteiger charge is 2.29. The molecule has 0 saturated carbocycles. The first-order valence-corrected chi connectivity index (χ1v) is 10.4. The molecule has 0 aliphatic carbocycles. The number of hydrogen-bond donors (Lipinski definition) is 2. The number of guanidine groups is 1. The molecule has 2 N–H and O–H groups in total. The number of hydrogen-bond acceptors (Lipinski definition) is 5. The number of likely N-dealkylation sites (N-methyl/N-ethyl adjacent to an activating group) is 1. The van der Waals surface area contributed by atoms with Crippen LogP contribution in [0.25, 0.3) is 0 Å². The van der Waals surface area contributed by atoms with Crippen molar-refractivity contribution < 1.29 is 9.47 Å². The van der Waals surface area contributed by atoms with Crippen molar-refractivity contribution in [2.45, 2.75) is 30.6 Å². The predicted molar refractivity (Wildman–Crippen MR) is 131 cm³/mol. The van der Waals surface area contributed by atoms with Gasteiger partial charge in [0.1, 0.15) is 0 Å². The number of nitrogens with one attached hydrogen (secondary N) is 2. The molecule has 1 aromatic rings. The zero-order valence-corrected chi connectivity index (χ0v) is 21.0. The van der Waals surface area contributed by atoms with E-state index in [4.69, 9.17) is 9.47 Å². The van der Waals surface area contributed by atoms with E-state index < -0.39 is 0 Å². The zero-order valence-electron chi connectivity index (χ0n) is 17.9. The van der Waals surface area contributed by atoms with Crippen LogP contribution in [0.15, 0.2) is 23.2 Å². The minimum atomic E-state index is 0. The molecule has 2 unspecified atom stereocenters. The lowest BCUT2D eigenvalue weighted by molar-refractivity contribution is 0.295. The molecule has 1 aliphatic heterocycles. The van der Waals surface area contributed by atoms with E-state index in [-0.39, 0.29) is 30.0 Å². The van der Waals surface area contributed by atoms with Crippen LogP contribution in [0.5, 0.6) is 11.5 Å². The Labute approximate surface area is 191 Å². The molecule has 1 aromatic carbocycles. The third kappa shape index (κ3) is 6.88. The molecule has 0 aromatic heterocycles. The second-order valence-electron chi connectivity index (χ2n) is 7.30. The topological polar surface area (TPSA) is 58.1 Å². The molecule has 1 saturated heterocycles. The molecule has 1 heterocycles. The van der Waals surface area contributed by atoms with Crippen molar-refractivity contribution in [1.82, 2.24) is 15.5 Å². The van der Waals surface area contributed by atoms with Gasteiger partial charge in [0, 0.05) is 24.9 Å². The molecular formula is C20H35IN4O2S. The largest absolute Gasteiger partial charge is 0.493 e. The molecule has 0 amide bonds. The molecule has 0 bridgehead atoms. The van der Waals surface area contributed by atoms with E-state index in [2.05, 4.69) is 59.4 Å². The van der Waals surface area contributed by atoms with Gasteiger partial charge in [0.25, 0.3) is 0 Å². The van der Waals surface area contributed by atoms with Crippen molar-refractivity contribution in [3.8, 4) is 11.5 Å². The Kier molecular flexibility index (Phi) is 10.8. The first-order chi connectivity index (χ1) is 12.9. The summed E-state index contributed by atoms with van der Waals surface area (Å²) in [4.78, 5) is 6.58. The van der Waals surface area contributed by atoms with Gasteiger partial charge in [-0.3, -0.25) is 4.99 Å². The highest BCUT2D eigenvalue weighted by atomic mass is 127. The summed E-state index contributed by atoms with van der Waals surface area (Å²) >= 11 is 2.05. The monoisotopic (exact) mass is 522 g/mol. The van der Waals surface area contributed by atoms with Crippen LogP contribution >= 0.6 is 35.7 Å². The number of ether oxygens (including phenoxy) is 2. The van der Waals surface area contributed by atoms with E-state index in [1.165, 1.54) is 24.2 Å². The quantitative estimate of drug-likeness (QED) is 0.310. The first-order valence-electron chi connectivity index (χ1n) is 9.39. The van der Waals surface area contributed by atoms with Crippen LogP contribution in [0.3, 0.4) is 0 Å². The van der Waals surface area contributed by atoms with Crippen LogP contribution in [0.2, 0.25) is 0 Å². The Morgan fingerprint density at radius 2 is 1.96 bits per heavy atom. The summed E-state index contributed by atoms with van der Waals surface area (Å²) in [5, 5.41) is 6.97. The van der Waals surface area contributed by atoms with E-state index in [9.17, 15) is 0 Å². The van der Waals surface area contributed by atoms with Crippen LogP contribution in [0.1, 0.15) is 31.4 Å². The molecule has 2 rings (SSSR count). The fraction of sp³-hybridized carbons (Fsp3) is 0.650. The second-order valence-corrected chi connectivity index (χ2v) is 8.98. The molecule has 6 nitrogen and oxygen atoms in total. The number of halogens is 1. The van der Waals surface area contributed by atoms with Gasteiger partial charge in [0.05, 0.1) is 20.3 Å². The third-order valence-corrected chi connectivity index (χ3v) is 6.57. The van der Waals surface area contributed by atoms with Gasteiger partial charge in [-0.15, -0.1) is 24.0 Å². The number of aliphatic imine (C=N–C) groups is 1. The van der Waals surface area contributed by atoms with Gasteiger partial charge in [-0.2, -0.15) is 11.8 Å². The zero-order chi connectivity index (χ0) is 19.9. The molecule has 8 heteroatoms. The normalized spacial score (nSPS) is 20.5. The standard InChI is InChI=1S/C20H34N4O2S.HI/c1-20(10-7-11-27-20)14-23-19(21-2)22-13-16(24(3)4)15-8-9-17(25-5)18(12-15)26-6;/h8-9,12,16H,7,10-11,13-14H2,1-6H3,(H2,21,22,23);1H. The molecule has 2 atom stereocenters. The van der Waals surface area contributed by atoms with Crippen molar-refractivity contribution in [2.24, 2.45) is 4.99 Å². The number of methoxy groups -OCH3 is 2. The summed E-state index contributed by atoms with van der Waals surface area (Å²) in [5.74, 6) is 3.59. The van der Waals surface area contributed by atoms with Crippen LogP contribution in [-0.2, 0) is 0 Å². The highest BCUT2D eigenvalue weighted by Crippen LogP contribution is 2.37. The Balaban J connectivity index is 0.00000392. The molecule has 28 heavy (non-hydrogen) atoms. The Morgan fingerprint density at radius 3 is 2.50 bits per heavy atom. The molecule has 1 aliphatic rings. The third-order valence-electron chi connectivity index (χ3n) is 5.03. The minimum absolute atomic E-state index is 0. The van der Waals surface area contributed by atoms with E-state index in [0.29, 0.717) is 4.75 Å². The van der Waals surface area contributed by atoms with Crippen LogP contribution in [0, 0.1) is 0 Å². The van der Waals surface area contributed by atoms with Gasteiger partial charge in [-0.25, -0.2) is 0 Å². The molecule has 0 spiro atoms. The van der Waals surface area contributed by atoms with Crippen LogP contribution in [-0.4, -0.2) is 69.8 Å². The van der Waals surface area contributed by atoms with E-state index in [1.807, 2.05) is 19.2 Å².